The molecule has 0 radical (unpaired) electrons. The Bertz CT molecular complexity index is 525. The lowest BCUT2D eigenvalue weighted by Gasteiger charge is -2.05. The minimum absolute atomic E-state index is 0.219. The Morgan fingerprint density at radius 1 is 1.56 bits per heavy atom. The third-order valence-corrected chi connectivity index (χ3v) is 3.41. The van der Waals surface area contributed by atoms with Crippen molar-refractivity contribution in [1.82, 2.24) is 9.55 Å². The number of aromatic nitrogens is 2. The van der Waals surface area contributed by atoms with Gasteiger partial charge in [0.2, 0.25) is 0 Å². The Morgan fingerprint density at radius 2 is 2.44 bits per heavy atom. The molecule has 0 spiro atoms. The number of nitrogens with two attached hydrogens (primary N) is 1. The molecule has 0 amide bonds. The molecule has 0 fully saturated rings. The van der Waals surface area contributed by atoms with Gasteiger partial charge in [-0.1, -0.05) is 0 Å². The number of nitrogens with zero attached hydrogens (tertiary/aromatic N) is 2. The molecule has 1 aliphatic rings. The maximum Gasteiger partial charge on any atom is 0.0516 e. The summed E-state index contributed by atoms with van der Waals surface area (Å²) in [5, 5.41) is 1.30. The largest absolute Gasteiger partial charge is 0.344 e. The van der Waals surface area contributed by atoms with E-state index in [9.17, 15) is 0 Å². The average molecular weight is 215 g/mol. The first kappa shape index (κ1) is 9.85. The summed E-state index contributed by atoms with van der Waals surface area (Å²) in [6.45, 7) is 3.22. The topological polar surface area (TPSA) is 43.8 Å². The van der Waals surface area contributed by atoms with Crippen LogP contribution in [0.1, 0.15) is 24.6 Å². The monoisotopic (exact) mass is 215 g/mol. The highest BCUT2D eigenvalue weighted by Gasteiger charge is 2.21. The molecule has 3 heteroatoms. The van der Waals surface area contributed by atoms with E-state index in [1.165, 1.54) is 35.0 Å². The maximum absolute atomic E-state index is 5.94. The van der Waals surface area contributed by atoms with Crippen LogP contribution in [0.25, 0.3) is 10.9 Å². The first-order valence-corrected chi connectivity index (χ1v) is 5.97. The van der Waals surface area contributed by atoms with E-state index in [0.29, 0.717) is 0 Å². The van der Waals surface area contributed by atoms with Crippen molar-refractivity contribution in [2.45, 2.75) is 38.8 Å². The van der Waals surface area contributed by atoms with Crippen molar-refractivity contribution in [2.75, 3.05) is 0 Å². The standard InChI is InChI=1S/C13H17N3/c1-9(14)7-10-11-8-15-5-4-13(11)16-6-2-3-12(10)16/h4-5,8-9H,2-3,6-7,14H2,1H3. The zero-order valence-electron chi connectivity index (χ0n) is 9.61. The second-order valence-electron chi connectivity index (χ2n) is 4.75. The summed E-state index contributed by atoms with van der Waals surface area (Å²) in [5.41, 5.74) is 10.2. The molecule has 1 atom stereocenters. The second kappa shape index (κ2) is 3.59. The highest BCUT2D eigenvalue weighted by Crippen LogP contribution is 2.31. The van der Waals surface area contributed by atoms with Crippen LogP contribution in [0.4, 0.5) is 0 Å². The van der Waals surface area contributed by atoms with E-state index in [2.05, 4.69) is 22.5 Å². The smallest absolute Gasteiger partial charge is 0.0516 e. The quantitative estimate of drug-likeness (QED) is 0.831. The molecule has 2 aromatic heterocycles. The molecular formula is C13H17N3. The van der Waals surface area contributed by atoms with E-state index < -0.39 is 0 Å². The number of hydrogen-bond donors (Lipinski definition) is 1. The molecule has 2 aromatic rings. The minimum Gasteiger partial charge on any atom is -0.344 e. The summed E-state index contributed by atoms with van der Waals surface area (Å²) in [4.78, 5) is 4.24. The van der Waals surface area contributed by atoms with Crippen molar-refractivity contribution in [3.8, 4) is 0 Å². The van der Waals surface area contributed by atoms with Crippen molar-refractivity contribution < 1.29 is 0 Å². The van der Waals surface area contributed by atoms with Crippen LogP contribution in [0.2, 0.25) is 0 Å². The first-order chi connectivity index (χ1) is 7.77. The van der Waals surface area contributed by atoms with Gasteiger partial charge in [-0.2, -0.15) is 0 Å². The molecule has 0 saturated carbocycles. The summed E-state index contributed by atoms with van der Waals surface area (Å²) >= 11 is 0. The molecule has 3 rings (SSSR count). The van der Waals surface area contributed by atoms with Crippen molar-refractivity contribution in [2.24, 2.45) is 5.73 Å². The van der Waals surface area contributed by atoms with Gasteiger partial charge in [0.15, 0.2) is 0 Å². The zero-order chi connectivity index (χ0) is 11.1. The normalized spacial score (nSPS) is 16.6. The van der Waals surface area contributed by atoms with Crippen LogP contribution in [0.3, 0.4) is 0 Å². The molecule has 0 aliphatic carbocycles. The fraction of sp³-hybridized carbons (Fsp3) is 0.462. The SMILES string of the molecule is CC(N)Cc1c2n(c3ccncc13)CCC2. The predicted molar refractivity (Wildman–Crippen MR) is 65.4 cm³/mol. The van der Waals surface area contributed by atoms with E-state index in [1.807, 2.05) is 12.4 Å². The Labute approximate surface area is 95.3 Å². The van der Waals surface area contributed by atoms with Crippen LogP contribution < -0.4 is 5.73 Å². The summed E-state index contributed by atoms with van der Waals surface area (Å²) in [6.07, 6.45) is 7.28. The van der Waals surface area contributed by atoms with Crippen LogP contribution in [0.15, 0.2) is 18.5 Å². The van der Waals surface area contributed by atoms with E-state index >= 15 is 0 Å². The lowest BCUT2D eigenvalue weighted by Crippen LogP contribution is -2.18. The molecule has 3 nitrogen and oxygen atoms in total. The van der Waals surface area contributed by atoms with Gasteiger partial charge >= 0.3 is 0 Å². The third kappa shape index (κ3) is 1.35. The van der Waals surface area contributed by atoms with E-state index in [0.717, 1.165) is 13.0 Å². The lowest BCUT2D eigenvalue weighted by atomic mass is 10.0. The van der Waals surface area contributed by atoms with Gasteiger partial charge in [-0.25, -0.2) is 0 Å². The van der Waals surface area contributed by atoms with Crippen molar-refractivity contribution in [1.29, 1.82) is 0 Å². The highest BCUT2D eigenvalue weighted by molar-refractivity contribution is 5.85. The minimum atomic E-state index is 0.219. The van der Waals surface area contributed by atoms with E-state index in [1.54, 1.807) is 0 Å². The molecule has 1 unspecified atom stereocenters. The number of hydrogen-bond acceptors (Lipinski definition) is 2. The zero-order valence-corrected chi connectivity index (χ0v) is 9.61. The number of fused-ring (bicyclic) bond motifs is 3. The van der Waals surface area contributed by atoms with Crippen molar-refractivity contribution in [3.63, 3.8) is 0 Å². The van der Waals surface area contributed by atoms with Crippen LogP contribution in [0, 0.1) is 0 Å². The molecule has 3 heterocycles. The first-order valence-electron chi connectivity index (χ1n) is 5.97. The van der Waals surface area contributed by atoms with Gasteiger partial charge in [-0.3, -0.25) is 4.98 Å². The van der Waals surface area contributed by atoms with Crippen molar-refractivity contribution in [3.05, 3.63) is 29.7 Å². The Kier molecular flexibility index (Phi) is 2.21. The van der Waals surface area contributed by atoms with E-state index in [4.69, 9.17) is 5.73 Å². The van der Waals surface area contributed by atoms with Crippen LogP contribution >= 0.6 is 0 Å². The fourth-order valence-corrected chi connectivity index (χ4v) is 2.81. The summed E-state index contributed by atoms with van der Waals surface area (Å²) in [7, 11) is 0. The van der Waals surface area contributed by atoms with Gasteiger partial charge in [-0.05, 0) is 37.8 Å². The van der Waals surface area contributed by atoms with Gasteiger partial charge < -0.3 is 10.3 Å². The highest BCUT2D eigenvalue weighted by atomic mass is 15.0. The average Bonchev–Trinajstić information content (AvgIpc) is 2.82. The Balaban J connectivity index is 2.25. The number of rotatable bonds is 2. The van der Waals surface area contributed by atoms with Gasteiger partial charge in [0.25, 0.3) is 0 Å². The number of aryl methyl sites for hydroxylation is 1. The molecular weight excluding hydrogens is 198 g/mol. The van der Waals surface area contributed by atoms with Crippen molar-refractivity contribution >= 4 is 10.9 Å². The molecule has 1 aliphatic heterocycles. The predicted octanol–water partition coefficient (Wildman–Crippen LogP) is 1.87. The molecule has 16 heavy (non-hydrogen) atoms. The Hall–Kier alpha value is -1.35. The second-order valence-corrected chi connectivity index (χ2v) is 4.75. The van der Waals surface area contributed by atoms with Crippen LogP contribution in [-0.2, 0) is 19.4 Å². The molecule has 0 saturated heterocycles. The summed E-state index contributed by atoms with van der Waals surface area (Å²) in [5.74, 6) is 0. The third-order valence-electron chi connectivity index (χ3n) is 3.41. The van der Waals surface area contributed by atoms with Crippen LogP contribution in [0.5, 0.6) is 0 Å². The van der Waals surface area contributed by atoms with Gasteiger partial charge in [-0.15, -0.1) is 0 Å². The maximum atomic E-state index is 5.94. The lowest BCUT2D eigenvalue weighted by molar-refractivity contribution is 0.733. The van der Waals surface area contributed by atoms with Gasteiger partial charge in [0.1, 0.15) is 0 Å². The molecule has 84 valence electrons. The fourth-order valence-electron chi connectivity index (χ4n) is 2.81. The Morgan fingerprint density at radius 3 is 3.25 bits per heavy atom. The molecule has 0 aromatic carbocycles. The summed E-state index contributed by atoms with van der Waals surface area (Å²) in [6, 6.07) is 2.34. The van der Waals surface area contributed by atoms with E-state index in [-0.39, 0.29) is 6.04 Å². The van der Waals surface area contributed by atoms with Gasteiger partial charge in [0.05, 0.1) is 5.52 Å². The van der Waals surface area contributed by atoms with Crippen LogP contribution in [-0.4, -0.2) is 15.6 Å². The molecule has 0 bridgehead atoms. The summed E-state index contributed by atoms with van der Waals surface area (Å²) < 4.78 is 2.44. The molecule has 2 N–H and O–H groups in total. The number of pyridine rings is 1. The van der Waals surface area contributed by atoms with Gasteiger partial charge in [0, 0.05) is 36.1 Å².